The number of hydrogen-bond donors (Lipinski definition) is 6. The van der Waals surface area contributed by atoms with Gasteiger partial charge in [0.05, 0.1) is 18.1 Å². The van der Waals surface area contributed by atoms with Crippen LogP contribution in [0.3, 0.4) is 0 Å². The molecule has 6 rings (SSSR count). The molecule has 6 bridgehead atoms. The number of carbonyl (C=O) groups excluding carboxylic acids is 2. The molecule has 2 aromatic heterocycles. The fourth-order valence-corrected chi connectivity index (χ4v) is 5.58. The van der Waals surface area contributed by atoms with E-state index >= 15 is 0 Å². The molecular formula is C36H35ClF6N8O6. The van der Waals surface area contributed by atoms with Crippen molar-refractivity contribution in [2.75, 3.05) is 29.0 Å². The van der Waals surface area contributed by atoms with E-state index in [0.29, 0.717) is 49.3 Å². The van der Waals surface area contributed by atoms with Gasteiger partial charge in [-0.15, -0.1) is 0 Å². The monoisotopic (exact) mass is 824 g/mol. The largest absolute Gasteiger partial charge is 0.490 e. The third-order valence-electron chi connectivity index (χ3n) is 8.27. The lowest BCUT2D eigenvalue weighted by atomic mass is 9.93. The molecule has 0 unspecified atom stereocenters. The van der Waals surface area contributed by atoms with E-state index in [2.05, 4.69) is 36.2 Å². The van der Waals surface area contributed by atoms with Gasteiger partial charge in [0, 0.05) is 43.6 Å². The van der Waals surface area contributed by atoms with Gasteiger partial charge >= 0.3 is 30.3 Å². The number of aryl methyl sites for hydroxylation is 2. The Morgan fingerprint density at radius 2 is 1.49 bits per heavy atom. The highest BCUT2D eigenvalue weighted by Crippen LogP contribution is 2.30. The maximum atomic E-state index is 13.2. The van der Waals surface area contributed by atoms with Gasteiger partial charge in [0.2, 0.25) is 11.9 Å². The van der Waals surface area contributed by atoms with E-state index in [0.717, 1.165) is 53.0 Å². The number of piperidine rings is 1. The third kappa shape index (κ3) is 14.1. The molecule has 4 aromatic rings. The fourth-order valence-electron chi connectivity index (χ4n) is 5.44. The second-order valence-electron chi connectivity index (χ2n) is 12.5. The normalized spacial score (nSPS) is 13.8. The van der Waals surface area contributed by atoms with Gasteiger partial charge in [0.1, 0.15) is 5.02 Å². The number of halogens is 7. The number of urea groups is 1. The number of anilines is 5. The van der Waals surface area contributed by atoms with E-state index in [9.17, 15) is 35.9 Å². The highest BCUT2D eigenvalue weighted by molar-refractivity contribution is 6.32. The van der Waals surface area contributed by atoms with Gasteiger partial charge in [-0.1, -0.05) is 41.9 Å². The zero-order valence-corrected chi connectivity index (χ0v) is 30.4. The molecule has 14 nitrogen and oxygen atoms in total. The summed E-state index contributed by atoms with van der Waals surface area (Å²) < 4.78 is 63.5. The average molecular weight is 825 g/mol. The Kier molecular flexibility index (Phi) is 15.0. The summed E-state index contributed by atoms with van der Waals surface area (Å²) in [7, 11) is 0. The summed E-state index contributed by atoms with van der Waals surface area (Å²) in [4.78, 5) is 58.6. The Morgan fingerprint density at radius 3 is 2.12 bits per heavy atom. The molecule has 2 aliphatic rings. The van der Waals surface area contributed by atoms with Gasteiger partial charge in [0.15, 0.2) is 5.82 Å². The molecule has 6 N–H and O–H groups in total. The van der Waals surface area contributed by atoms with E-state index in [-0.39, 0.29) is 17.9 Å². The Labute approximate surface area is 325 Å². The van der Waals surface area contributed by atoms with Crippen LogP contribution in [0.15, 0.2) is 73.2 Å². The first-order chi connectivity index (χ1) is 26.9. The number of carbonyl (C=O) groups is 4. The Balaban J connectivity index is 0.000000440. The summed E-state index contributed by atoms with van der Waals surface area (Å²) in [6, 6.07) is 17.7. The van der Waals surface area contributed by atoms with Crippen molar-refractivity contribution >= 4 is 64.3 Å². The number of fused-ring (bicyclic) bond motifs is 6. The highest BCUT2D eigenvalue weighted by Gasteiger charge is 2.39. The number of aromatic nitrogens is 3. The molecule has 2 aromatic carbocycles. The maximum Gasteiger partial charge on any atom is 0.490 e. The van der Waals surface area contributed by atoms with Gasteiger partial charge < -0.3 is 36.4 Å². The third-order valence-corrected chi connectivity index (χ3v) is 8.54. The van der Waals surface area contributed by atoms with E-state index in [1.807, 2.05) is 65.7 Å². The second-order valence-corrected chi connectivity index (χ2v) is 12.9. The number of carboxylic acids is 2. The minimum atomic E-state index is -5.08. The minimum Gasteiger partial charge on any atom is -0.475 e. The number of nitrogens with zero attached hydrogens (tertiary/aromatic N) is 4. The number of nitrogens with one attached hydrogen (secondary N) is 4. The summed E-state index contributed by atoms with van der Waals surface area (Å²) >= 11 is 6.38. The molecule has 0 spiro atoms. The van der Waals surface area contributed by atoms with Gasteiger partial charge in [-0.25, -0.2) is 19.4 Å². The maximum absolute atomic E-state index is 13.2. The molecular weight excluding hydrogens is 790 g/mol. The molecule has 3 amide bonds. The smallest absolute Gasteiger partial charge is 0.475 e. The Bertz CT molecular complexity index is 2010. The van der Waals surface area contributed by atoms with Crippen molar-refractivity contribution in [3.05, 3.63) is 94.9 Å². The van der Waals surface area contributed by atoms with E-state index in [1.54, 1.807) is 12.4 Å². The molecule has 21 heteroatoms. The first-order valence-corrected chi connectivity index (χ1v) is 17.4. The van der Waals surface area contributed by atoms with Gasteiger partial charge in [0.25, 0.3) is 0 Å². The highest BCUT2D eigenvalue weighted by atomic mass is 35.5. The van der Waals surface area contributed by atoms with Crippen molar-refractivity contribution in [2.24, 2.45) is 5.92 Å². The van der Waals surface area contributed by atoms with Gasteiger partial charge in [-0.3, -0.25) is 9.78 Å². The average Bonchev–Trinajstić information content (AvgIpc) is 3.16. The quantitative estimate of drug-likeness (QED) is 0.110. The molecule has 0 aliphatic carbocycles. The number of carboxylic acid groups (broad SMARTS) is 2. The summed E-state index contributed by atoms with van der Waals surface area (Å²) in [5.41, 5.74) is 5.48. The minimum absolute atomic E-state index is 0.0248. The van der Waals surface area contributed by atoms with Crippen LogP contribution >= 0.6 is 11.6 Å². The molecule has 1 fully saturated rings. The summed E-state index contributed by atoms with van der Waals surface area (Å²) in [6.07, 6.45) is -1.62. The molecule has 2 aliphatic heterocycles. The zero-order valence-electron chi connectivity index (χ0n) is 29.6. The predicted octanol–water partition coefficient (Wildman–Crippen LogP) is 7.33. The van der Waals surface area contributed by atoms with E-state index < -0.39 is 24.3 Å². The van der Waals surface area contributed by atoms with Crippen LogP contribution in [0.2, 0.25) is 5.02 Å². The SMILES string of the molecule is O=C(CC1CCN(C(=O)NCc2ccccc2)CC1)Nc1ccc2cc1CCc1cncc(c1)Nc1ncc(Cl)c(n1)N2.O=C(O)C(F)(F)F.O=C(O)C(F)(F)F. The van der Waals surface area contributed by atoms with Crippen LogP contribution in [0.5, 0.6) is 0 Å². The number of likely N-dealkylation sites (tertiary alicyclic amines) is 1. The lowest BCUT2D eigenvalue weighted by Gasteiger charge is -2.31. The van der Waals surface area contributed by atoms with Crippen molar-refractivity contribution in [3.63, 3.8) is 0 Å². The lowest BCUT2D eigenvalue weighted by Crippen LogP contribution is -2.44. The van der Waals surface area contributed by atoms with Crippen molar-refractivity contribution < 1.29 is 55.7 Å². The van der Waals surface area contributed by atoms with Crippen LogP contribution in [0.25, 0.3) is 0 Å². The number of hydrogen-bond acceptors (Lipinski definition) is 9. The van der Waals surface area contributed by atoms with Crippen LogP contribution in [-0.4, -0.2) is 79.4 Å². The molecule has 1 saturated heterocycles. The lowest BCUT2D eigenvalue weighted by molar-refractivity contribution is -0.193. The topological polar surface area (TPSA) is 199 Å². The number of rotatable bonds is 5. The van der Waals surface area contributed by atoms with Crippen molar-refractivity contribution in [3.8, 4) is 0 Å². The van der Waals surface area contributed by atoms with E-state index in [4.69, 9.17) is 31.4 Å². The summed E-state index contributed by atoms with van der Waals surface area (Å²) in [5.74, 6) is -4.43. The van der Waals surface area contributed by atoms with Crippen LogP contribution < -0.4 is 21.3 Å². The fraction of sp³-hybridized carbons (Fsp3) is 0.306. The van der Waals surface area contributed by atoms with Crippen LogP contribution in [0.1, 0.15) is 36.0 Å². The van der Waals surface area contributed by atoms with Crippen molar-refractivity contribution in [2.45, 2.75) is 51.0 Å². The summed E-state index contributed by atoms with van der Waals surface area (Å²) in [6.45, 7) is 1.78. The number of alkyl halides is 6. The van der Waals surface area contributed by atoms with Crippen molar-refractivity contribution in [1.29, 1.82) is 0 Å². The molecule has 0 radical (unpaired) electrons. The van der Waals surface area contributed by atoms with Crippen molar-refractivity contribution in [1.82, 2.24) is 25.2 Å². The van der Waals surface area contributed by atoms with Gasteiger partial charge in [-0.2, -0.15) is 31.3 Å². The van der Waals surface area contributed by atoms with Crippen LogP contribution in [0.4, 0.5) is 60.0 Å². The number of amides is 3. The predicted molar refractivity (Wildman–Crippen MR) is 195 cm³/mol. The molecule has 4 heterocycles. The zero-order chi connectivity index (χ0) is 41.8. The second kappa shape index (κ2) is 19.6. The Morgan fingerprint density at radius 1 is 0.842 bits per heavy atom. The van der Waals surface area contributed by atoms with Crippen LogP contribution in [-0.2, 0) is 33.8 Å². The molecule has 0 atom stereocenters. The Hall–Kier alpha value is -6.18. The number of pyridine rings is 1. The first kappa shape index (κ1) is 43.5. The van der Waals surface area contributed by atoms with E-state index in [1.165, 1.54) is 0 Å². The molecule has 57 heavy (non-hydrogen) atoms. The van der Waals surface area contributed by atoms with Crippen LogP contribution in [0, 0.1) is 5.92 Å². The standard InChI is InChI=1S/C32H33ClN8O2.2C2HF3O2/c33-27-20-35-31-38-26-14-23(17-34-19-26)6-7-24-16-25(37-30(27)40-31)8-9-28(24)39-29(42)15-21-10-12-41(13-11-21)32(43)36-18-22-4-2-1-3-5-22;2*3-2(4,5)1(6)7/h1-5,8-9,14,16-17,19-21H,6-7,10-13,15,18H2,(H,36,43)(H,39,42)(H2,35,37,38,40);2*(H,6,7). The molecule has 304 valence electrons. The number of benzene rings is 2. The first-order valence-electron chi connectivity index (χ1n) is 17.0. The molecule has 0 saturated carbocycles. The van der Waals surface area contributed by atoms with Gasteiger partial charge in [-0.05, 0) is 72.6 Å². The number of aliphatic carboxylic acids is 2. The summed E-state index contributed by atoms with van der Waals surface area (Å²) in [5, 5.41) is 27.3.